The first-order valence-corrected chi connectivity index (χ1v) is 8.49. The van der Waals surface area contributed by atoms with E-state index in [4.69, 9.17) is 69.6 Å². The van der Waals surface area contributed by atoms with Crippen molar-refractivity contribution in [1.82, 2.24) is 0 Å². The van der Waals surface area contributed by atoms with Gasteiger partial charge in [-0.3, -0.25) is 0 Å². The molecule has 0 saturated heterocycles. The number of hydrogen-bond donors (Lipinski definition) is 0. The molecule has 0 fully saturated rings. The second kappa shape index (κ2) is 8.67. The molecule has 0 N–H and O–H groups in total. The Morgan fingerprint density at radius 2 is 1.00 bits per heavy atom. The minimum absolute atomic E-state index is 1.04. The lowest BCUT2D eigenvalue weighted by molar-refractivity contribution is -0.349. The number of rotatable bonds is 8. The molecular weight excluding hydrogens is 558 g/mol. The Hall–Kier alpha value is 1.07. The lowest BCUT2D eigenvalue weighted by Gasteiger charge is -2.40. The summed E-state index contributed by atoms with van der Waals surface area (Å²) in [7, 11) is 0. The molecule has 0 aliphatic heterocycles. The van der Waals surface area contributed by atoms with Crippen molar-refractivity contribution in [2.45, 2.75) is 45.2 Å². The van der Waals surface area contributed by atoms with Gasteiger partial charge in [-0.1, -0.05) is 58.0 Å². The van der Waals surface area contributed by atoms with E-state index < -0.39 is 54.7 Å². The van der Waals surface area contributed by atoms with Crippen LogP contribution in [0.2, 0.25) is 0 Å². The highest BCUT2D eigenvalue weighted by Gasteiger charge is 2.82. The first-order valence-electron chi connectivity index (χ1n) is 5.78. The van der Waals surface area contributed by atoms with Crippen LogP contribution in [0.3, 0.4) is 0 Å². The molecule has 27 heavy (non-hydrogen) atoms. The van der Waals surface area contributed by atoms with Gasteiger partial charge in [-0.2, -0.15) is 35.1 Å². The predicted molar refractivity (Wildman–Crippen MR) is 84.1 cm³/mol. The average molecular weight is 561 g/mol. The highest BCUT2D eigenvalue weighted by molar-refractivity contribution is 6.62. The Balaban J connectivity index is 6.20. The van der Waals surface area contributed by atoms with E-state index in [9.17, 15) is 43.9 Å². The van der Waals surface area contributed by atoms with Gasteiger partial charge in [-0.15, -0.1) is 11.6 Å². The van der Waals surface area contributed by atoms with Gasteiger partial charge in [-0.25, -0.2) is 8.78 Å². The van der Waals surface area contributed by atoms with Crippen molar-refractivity contribution in [2.75, 3.05) is 0 Å². The normalized spacial score (nSPS) is 18.1. The highest BCUT2D eigenvalue weighted by atomic mass is 35.5. The molecule has 0 saturated carbocycles. The fourth-order valence-electron chi connectivity index (χ4n) is 1.38. The SMILES string of the molecule is FC(C(F)(F)Cl)C(F)(F)C(F)(F)C(F)(F)C(F)C(Cl)(Cl)C(Cl)C(Cl)=C(Cl)Cl. The Labute approximate surface area is 179 Å². The summed E-state index contributed by atoms with van der Waals surface area (Å²) >= 11 is 34.7. The van der Waals surface area contributed by atoms with E-state index in [2.05, 4.69) is 11.6 Å². The Bertz CT molecular complexity index is 569. The van der Waals surface area contributed by atoms with Crippen LogP contribution in [0, 0.1) is 0 Å². The summed E-state index contributed by atoms with van der Waals surface area (Å²) in [5, 5.41) is -9.50. The molecule has 3 atom stereocenters. The first-order chi connectivity index (χ1) is 11.6. The van der Waals surface area contributed by atoms with Crippen LogP contribution in [0.25, 0.3) is 0 Å². The highest BCUT2D eigenvalue weighted by Crippen LogP contribution is 2.57. The molecule has 0 aromatic heterocycles. The minimum atomic E-state index is -7.12. The third-order valence-corrected chi connectivity index (χ3v) is 5.76. The van der Waals surface area contributed by atoms with E-state index in [1.807, 2.05) is 0 Å². The fraction of sp³-hybridized carbons (Fsp3) is 0.800. The van der Waals surface area contributed by atoms with Crippen molar-refractivity contribution in [3.8, 4) is 0 Å². The molecule has 0 spiro atoms. The van der Waals surface area contributed by atoms with E-state index in [0.717, 1.165) is 0 Å². The van der Waals surface area contributed by atoms with Crippen LogP contribution in [0.4, 0.5) is 43.9 Å². The molecule has 0 rings (SSSR count). The molecule has 0 aliphatic carbocycles. The molecule has 0 aromatic rings. The molecule has 0 heterocycles. The van der Waals surface area contributed by atoms with Crippen molar-refractivity contribution in [3.05, 3.63) is 9.52 Å². The maximum absolute atomic E-state index is 14.0. The van der Waals surface area contributed by atoms with Gasteiger partial charge in [0.2, 0.25) is 12.3 Å². The van der Waals surface area contributed by atoms with E-state index >= 15 is 0 Å². The third-order valence-electron chi connectivity index (χ3n) is 2.84. The van der Waals surface area contributed by atoms with Crippen LogP contribution in [-0.2, 0) is 0 Å². The summed E-state index contributed by atoms with van der Waals surface area (Å²) in [4.78, 5) is 0. The van der Waals surface area contributed by atoms with Crippen molar-refractivity contribution in [1.29, 1.82) is 0 Å². The number of hydrogen-bond acceptors (Lipinski definition) is 0. The molecule has 0 nitrogen and oxygen atoms in total. The van der Waals surface area contributed by atoms with Gasteiger partial charge < -0.3 is 0 Å². The van der Waals surface area contributed by atoms with Crippen LogP contribution in [0.15, 0.2) is 9.52 Å². The van der Waals surface area contributed by atoms with Crippen LogP contribution in [-0.4, -0.2) is 45.2 Å². The standard InChI is InChI=1S/C10H3Cl7F10/c11-1(3(13)14)2(12)6(15,16)4(18)7(20,21)10(26,27)8(22,23)5(19)9(17,24)25/h2,4-5H. The summed E-state index contributed by atoms with van der Waals surface area (Å²) in [6.45, 7) is 0. The summed E-state index contributed by atoms with van der Waals surface area (Å²) in [6, 6.07) is 0. The van der Waals surface area contributed by atoms with Crippen LogP contribution in [0.1, 0.15) is 0 Å². The Morgan fingerprint density at radius 3 is 1.30 bits per heavy atom. The molecule has 0 aliphatic rings. The number of alkyl halides is 14. The zero-order chi connectivity index (χ0) is 22.4. The van der Waals surface area contributed by atoms with Crippen molar-refractivity contribution >= 4 is 81.2 Å². The largest absolute Gasteiger partial charge is 0.378 e. The zero-order valence-corrected chi connectivity index (χ0v) is 16.9. The van der Waals surface area contributed by atoms with E-state index in [1.54, 1.807) is 0 Å². The van der Waals surface area contributed by atoms with Crippen molar-refractivity contribution in [2.24, 2.45) is 0 Å². The van der Waals surface area contributed by atoms with Gasteiger partial charge >= 0.3 is 23.1 Å². The lowest BCUT2D eigenvalue weighted by Crippen LogP contribution is -2.66. The van der Waals surface area contributed by atoms with Gasteiger partial charge in [0.05, 0.1) is 5.03 Å². The smallest absolute Gasteiger partial charge is 0.237 e. The fourth-order valence-corrected chi connectivity index (χ4v) is 2.84. The van der Waals surface area contributed by atoms with Gasteiger partial charge in [0.1, 0.15) is 9.87 Å². The van der Waals surface area contributed by atoms with E-state index in [1.165, 1.54) is 0 Å². The molecule has 0 amide bonds. The monoisotopic (exact) mass is 558 g/mol. The number of halogens is 17. The first kappa shape index (κ1) is 28.1. The van der Waals surface area contributed by atoms with Crippen LogP contribution >= 0.6 is 81.2 Å². The van der Waals surface area contributed by atoms with Crippen molar-refractivity contribution in [3.63, 3.8) is 0 Å². The molecule has 17 heteroatoms. The summed E-state index contributed by atoms with van der Waals surface area (Å²) in [5.74, 6) is -20.7. The zero-order valence-electron chi connectivity index (χ0n) is 11.7. The second-order valence-electron chi connectivity index (χ2n) is 4.73. The predicted octanol–water partition coefficient (Wildman–Crippen LogP) is 8.07. The van der Waals surface area contributed by atoms with Gasteiger partial charge in [0.25, 0.3) is 0 Å². The second-order valence-corrected chi connectivity index (χ2v) is 8.47. The minimum Gasteiger partial charge on any atom is -0.237 e. The summed E-state index contributed by atoms with van der Waals surface area (Å²) in [6.07, 6.45) is -10.1. The molecule has 3 unspecified atom stereocenters. The molecule has 0 radical (unpaired) electrons. The maximum Gasteiger partial charge on any atom is 0.378 e. The summed E-state index contributed by atoms with van der Waals surface area (Å²) < 4.78 is 128. The quantitative estimate of drug-likeness (QED) is 0.208. The third kappa shape index (κ3) is 5.22. The van der Waals surface area contributed by atoms with Crippen molar-refractivity contribution < 1.29 is 43.9 Å². The Morgan fingerprint density at radius 1 is 0.667 bits per heavy atom. The van der Waals surface area contributed by atoms with Gasteiger partial charge in [0, 0.05) is 0 Å². The summed E-state index contributed by atoms with van der Waals surface area (Å²) in [5.41, 5.74) is 0. The molecule has 162 valence electrons. The molecule has 0 bridgehead atoms. The van der Waals surface area contributed by atoms with Crippen LogP contribution < -0.4 is 0 Å². The van der Waals surface area contributed by atoms with Gasteiger partial charge in [-0.05, 0) is 11.6 Å². The van der Waals surface area contributed by atoms with E-state index in [0.29, 0.717) is 0 Å². The number of allylic oxidation sites excluding steroid dienone is 1. The van der Waals surface area contributed by atoms with Gasteiger partial charge in [0.15, 0.2) is 4.33 Å². The topological polar surface area (TPSA) is 0 Å². The molecular formula is C10H3Cl7F10. The molecule has 0 aromatic carbocycles. The Kier molecular flexibility index (Phi) is 9.01. The maximum atomic E-state index is 14.0. The lowest BCUT2D eigenvalue weighted by atomic mass is 9.94. The van der Waals surface area contributed by atoms with E-state index in [-0.39, 0.29) is 0 Å². The van der Waals surface area contributed by atoms with Crippen LogP contribution in [0.5, 0.6) is 0 Å². The average Bonchev–Trinajstić information content (AvgIpc) is 2.49.